The molecule has 0 radical (unpaired) electrons. The molecule has 1 atom stereocenters. The first-order valence-corrected chi connectivity index (χ1v) is 5.70. The van der Waals surface area contributed by atoms with Crippen molar-refractivity contribution in [3.63, 3.8) is 0 Å². The van der Waals surface area contributed by atoms with Gasteiger partial charge in [-0.2, -0.15) is 0 Å². The Bertz CT molecular complexity index is 270. The molecular weight excluding hydrogens is 204 g/mol. The summed E-state index contributed by atoms with van der Waals surface area (Å²) in [6, 6.07) is 4.15. The Labute approximate surface area is 86.1 Å². The third kappa shape index (κ3) is 2.51. The standard InChI is InChI=1S/C10H13F2NS/c11-9(12)6-13-10(7-3-4-7)8-2-1-5-14-8/h1-2,5,7,9-10,13H,3-4,6H2. The van der Waals surface area contributed by atoms with Crippen LogP contribution in [0.3, 0.4) is 0 Å². The molecule has 1 N–H and O–H groups in total. The molecule has 0 amide bonds. The predicted molar refractivity (Wildman–Crippen MR) is 53.8 cm³/mol. The van der Waals surface area contributed by atoms with Crippen molar-refractivity contribution < 1.29 is 8.78 Å². The number of rotatable bonds is 5. The molecule has 1 aliphatic rings. The highest BCUT2D eigenvalue weighted by Gasteiger charge is 2.32. The molecule has 1 fully saturated rings. The second kappa shape index (κ2) is 4.36. The van der Waals surface area contributed by atoms with Crippen LogP contribution in [0.15, 0.2) is 17.5 Å². The van der Waals surface area contributed by atoms with Gasteiger partial charge in [0.25, 0.3) is 6.43 Å². The van der Waals surface area contributed by atoms with E-state index in [9.17, 15) is 8.78 Å². The van der Waals surface area contributed by atoms with Gasteiger partial charge in [-0.15, -0.1) is 11.3 Å². The molecule has 1 heterocycles. The van der Waals surface area contributed by atoms with Gasteiger partial charge in [-0.05, 0) is 30.2 Å². The lowest BCUT2D eigenvalue weighted by molar-refractivity contribution is 0.140. The normalized spacial score (nSPS) is 18.8. The summed E-state index contributed by atoms with van der Waals surface area (Å²) in [4.78, 5) is 1.19. The summed E-state index contributed by atoms with van der Waals surface area (Å²) in [7, 11) is 0. The Balaban J connectivity index is 1.94. The highest BCUT2D eigenvalue weighted by molar-refractivity contribution is 7.10. The largest absolute Gasteiger partial charge is 0.304 e. The maximum atomic E-state index is 12.1. The minimum atomic E-state index is -2.25. The zero-order valence-corrected chi connectivity index (χ0v) is 8.57. The second-order valence-electron chi connectivity index (χ2n) is 3.63. The summed E-state index contributed by atoms with van der Waals surface area (Å²) < 4.78 is 24.1. The van der Waals surface area contributed by atoms with Gasteiger partial charge in [0.1, 0.15) is 0 Å². The zero-order chi connectivity index (χ0) is 9.97. The summed E-state index contributed by atoms with van der Waals surface area (Å²) in [6.45, 7) is -0.195. The van der Waals surface area contributed by atoms with Crippen LogP contribution in [0.2, 0.25) is 0 Å². The number of hydrogen-bond donors (Lipinski definition) is 1. The Morgan fingerprint density at radius 1 is 1.50 bits per heavy atom. The van der Waals surface area contributed by atoms with E-state index in [0.29, 0.717) is 5.92 Å². The van der Waals surface area contributed by atoms with Gasteiger partial charge < -0.3 is 5.32 Å². The third-order valence-electron chi connectivity index (χ3n) is 2.44. The Hall–Kier alpha value is -0.480. The van der Waals surface area contributed by atoms with Gasteiger partial charge in [0, 0.05) is 10.9 Å². The van der Waals surface area contributed by atoms with Crippen LogP contribution in [-0.2, 0) is 0 Å². The number of nitrogens with one attached hydrogen (secondary N) is 1. The van der Waals surface area contributed by atoms with Crippen molar-refractivity contribution in [3.05, 3.63) is 22.4 Å². The van der Waals surface area contributed by atoms with Crippen LogP contribution in [0.25, 0.3) is 0 Å². The van der Waals surface area contributed by atoms with Crippen molar-refractivity contribution in [2.45, 2.75) is 25.3 Å². The minimum absolute atomic E-state index is 0.156. The van der Waals surface area contributed by atoms with E-state index < -0.39 is 6.43 Å². The number of hydrogen-bond acceptors (Lipinski definition) is 2. The molecule has 1 aromatic rings. The molecule has 0 saturated heterocycles. The van der Waals surface area contributed by atoms with Gasteiger partial charge in [-0.1, -0.05) is 6.07 Å². The quantitative estimate of drug-likeness (QED) is 0.799. The van der Waals surface area contributed by atoms with Crippen LogP contribution in [0, 0.1) is 5.92 Å². The first-order chi connectivity index (χ1) is 6.77. The van der Waals surface area contributed by atoms with Crippen LogP contribution in [0.5, 0.6) is 0 Å². The van der Waals surface area contributed by atoms with E-state index >= 15 is 0 Å². The zero-order valence-electron chi connectivity index (χ0n) is 7.75. The van der Waals surface area contributed by atoms with Crippen molar-refractivity contribution in [1.29, 1.82) is 0 Å². The fourth-order valence-corrected chi connectivity index (χ4v) is 2.51. The van der Waals surface area contributed by atoms with E-state index in [1.165, 1.54) is 17.7 Å². The smallest absolute Gasteiger partial charge is 0.250 e. The maximum Gasteiger partial charge on any atom is 0.250 e. The number of halogens is 2. The van der Waals surface area contributed by atoms with Crippen molar-refractivity contribution in [1.82, 2.24) is 5.32 Å². The van der Waals surface area contributed by atoms with Crippen molar-refractivity contribution in [3.8, 4) is 0 Å². The summed E-state index contributed by atoms with van der Waals surface area (Å²) in [5.74, 6) is 0.576. The summed E-state index contributed by atoms with van der Waals surface area (Å²) in [6.07, 6.45) is 0.0775. The lowest BCUT2D eigenvalue weighted by Crippen LogP contribution is -2.27. The van der Waals surface area contributed by atoms with Gasteiger partial charge in [0.05, 0.1) is 6.54 Å². The topological polar surface area (TPSA) is 12.0 Å². The molecule has 1 saturated carbocycles. The highest BCUT2D eigenvalue weighted by atomic mass is 32.1. The van der Waals surface area contributed by atoms with E-state index in [0.717, 1.165) is 0 Å². The van der Waals surface area contributed by atoms with Crippen LogP contribution in [0.4, 0.5) is 8.78 Å². The SMILES string of the molecule is FC(F)CNC(c1cccs1)C1CC1. The van der Waals surface area contributed by atoms with Crippen LogP contribution in [0.1, 0.15) is 23.8 Å². The van der Waals surface area contributed by atoms with Crippen molar-refractivity contribution in [2.24, 2.45) is 5.92 Å². The molecule has 0 aromatic carbocycles. The van der Waals surface area contributed by atoms with E-state index in [-0.39, 0.29) is 12.6 Å². The molecule has 1 aromatic heterocycles. The summed E-state index contributed by atoms with van der Waals surface area (Å²) in [5, 5.41) is 4.94. The maximum absolute atomic E-state index is 12.1. The van der Waals surface area contributed by atoms with Gasteiger partial charge in [0.15, 0.2) is 0 Å². The number of thiophene rings is 1. The van der Waals surface area contributed by atoms with Crippen LogP contribution < -0.4 is 5.32 Å². The van der Waals surface area contributed by atoms with E-state index in [4.69, 9.17) is 0 Å². The Morgan fingerprint density at radius 3 is 2.79 bits per heavy atom. The average Bonchev–Trinajstić information content (AvgIpc) is 2.81. The Kier molecular flexibility index (Phi) is 3.13. The van der Waals surface area contributed by atoms with Gasteiger partial charge in [-0.25, -0.2) is 8.78 Å². The molecule has 0 spiro atoms. The lowest BCUT2D eigenvalue weighted by Gasteiger charge is -2.16. The van der Waals surface area contributed by atoms with Crippen LogP contribution in [-0.4, -0.2) is 13.0 Å². The molecule has 1 aliphatic carbocycles. The fourth-order valence-electron chi connectivity index (χ4n) is 1.61. The fraction of sp³-hybridized carbons (Fsp3) is 0.600. The molecular formula is C10H13F2NS. The van der Waals surface area contributed by atoms with Gasteiger partial charge >= 0.3 is 0 Å². The Morgan fingerprint density at radius 2 is 2.29 bits per heavy atom. The molecule has 1 unspecified atom stereocenters. The minimum Gasteiger partial charge on any atom is -0.304 e. The second-order valence-corrected chi connectivity index (χ2v) is 4.61. The highest BCUT2D eigenvalue weighted by Crippen LogP contribution is 2.42. The van der Waals surface area contributed by atoms with E-state index in [1.54, 1.807) is 11.3 Å². The molecule has 1 nitrogen and oxygen atoms in total. The average molecular weight is 217 g/mol. The third-order valence-corrected chi connectivity index (χ3v) is 3.39. The van der Waals surface area contributed by atoms with Gasteiger partial charge in [-0.3, -0.25) is 0 Å². The van der Waals surface area contributed by atoms with Crippen LogP contribution >= 0.6 is 11.3 Å². The predicted octanol–water partition coefficient (Wildman–Crippen LogP) is 3.05. The van der Waals surface area contributed by atoms with Gasteiger partial charge in [0.2, 0.25) is 0 Å². The van der Waals surface area contributed by atoms with E-state index in [2.05, 4.69) is 5.32 Å². The molecule has 4 heteroatoms. The van der Waals surface area contributed by atoms with Crippen molar-refractivity contribution >= 4 is 11.3 Å². The summed E-state index contributed by atoms with van der Waals surface area (Å²) in [5.41, 5.74) is 0. The molecule has 2 rings (SSSR count). The summed E-state index contributed by atoms with van der Waals surface area (Å²) >= 11 is 1.64. The van der Waals surface area contributed by atoms with E-state index in [1.807, 2.05) is 17.5 Å². The number of alkyl halides is 2. The molecule has 0 bridgehead atoms. The van der Waals surface area contributed by atoms with Crippen molar-refractivity contribution in [2.75, 3.05) is 6.54 Å². The first kappa shape index (κ1) is 10.1. The first-order valence-electron chi connectivity index (χ1n) is 4.82. The molecule has 78 valence electrons. The lowest BCUT2D eigenvalue weighted by atomic mass is 10.1. The molecule has 0 aliphatic heterocycles. The molecule has 14 heavy (non-hydrogen) atoms. The monoisotopic (exact) mass is 217 g/mol.